The number of hydrogen-bond acceptors (Lipinski definition) is 4. The highest BCUT2D eigenvalue weighted by atomic mass is 35.5. The lowest BCUT2D eigenvalue weighted by atomic mass is 10.1. The summed E-state index contributed by atoms with van der Waals surface area (Å²) >= 11 is 0. The third-order valence-electron chi connectivity index (χ3n) is 2.79. The minimum absolute atomic E-state index is 0. The molecule has 0 aromatic heterocycles. The van der Waals surface area contributed by atoms with Gasteiger partial charge in [0.25, 0.3) is 0 Å². The quantitative estimate of drug-likeness (QED) is 0.835. The number of rotatable bonds is 6. The Morgan fingerprint density at radius 2 is 1.85 bits per heavy atom. The van der Waals surface area contributed by atoms with Gasteiger partial charge in [-0.1, -0.05) is 6.07 Å². The van der Waals surface area contributed by atoms with E-state index in [1.54, 1.807) is 21.1 Å². The van der Waals surface area contributed by atoms with Gasteiger partial charge in [0, 0.05) is 6.04 Å². The normalized spacial score (nSPS) is 12.8. The minimum atomic E-state index is -0.493. The van der Waals surface area contributed by atoms with Gasteiger partial charge in [-0.2, -0.15) is 0 Å². The molecule has 1 amide bonds. The Kier molecular flexibility index (Phi) is 8.03. The van der Waals surface area contributed by atoms with Gasteiger partial charge >= 0.3 is 0 Å². The third kappa shape index (κ3) is 5.27. The number of nitrogens with two attached hydrogens (primary N) is 1. The van der Waals surface area contributed by atoms with E-state index in [9.17, 15) is 4.79 Å². The van der Waals surface area contributed by atoms with Crippen LogP contribution < -0.4 is 20.5 Å². The van der Waals surface area contributed by atoms with Crippen molar-refractivity contribution in [3.05, 3.63) is 23.8 Å². The smallest absolute Gasteiger partial charge is 0.236 e. The molecule has 3 N–H and O–H groups in total. The molecule has 0 fully saturated rings. The summed E-state index contributed by atoms with van der Waals surface area (Å²) in [4.78, 5) is 11.5. The molecule has 0 saturated carbocycles. The van der Waals surface area contributed by atoms with Crippen LogP contribution in [0.4, 0.5) is 0 Å². The van der Waals surface area contributed by atoms with Gasteiger partial charge < -0.3 is 20.5 Å². The van der Waals surface area contributed by atoms with Crippen molar-refractivity contribution in [1.29, 1.82) is 0 Å². The minimum Gasteiger partial charge on any atom is -0.493 e. The molecular formula is C14H23ClN2O3. The second-order valence-electron chi connectivity index (χ2n) is 4.59. The summed E-state index contributed by atoms with van der Waals surface area (Å²) in [6.45, 7) is 3.61. The zero-order valence-electron chi connectivity index (χ0n) is 12.3. The Bertz CT molecular complexity index is 438. The van der Waals surface area contributed by atoms with Crippen LogP contribution in [0.25, 0.3) is 0 Å². The molecule has 1 unspecified atom stereocenters. The molecule has 20 heavy (non-hydrogen) atoms. The second kappa shape index (κ2) is 8.66. The van der Waals surface area contributed by atoms with Gasteiger partial charge in [-0.05, 0) is 38.0 Å². The Hall–Kier alpha value is -1.46. The van der Waals surface area contributed by atoms with Crippen LogP contribution in [0.2, 0.25) is 0 Å². The van der Waals surface area contributed by atoms with E-state index in [0.717, 1.165) is 5.56 Å². The molecule has 1 aromatic rings. The Labute approximate surface area is 126 Å². The fourth-order valence-electron chi connectivity index (χ4n) is 1.79. The van der Waals surface area contributed by atoms with Gasteiger partial charge in [0.1, 0.15) is 0 Å². The molecule has 2 atom stereocenters. The molecule has 0 heterocycles. The van der Waals surface area contributed by atoms with Crippen molar-refractivity contribution in [2.24, 2.45) is 5.73 Å². The number of amides is 1. The molecule has 0 spiro atoms. The second-order valence-corrected chi connectivity index (χ2v) is 4.59. The lowest BCUT2D eigenvalue weighted by Crippen LogP contribution is -2.43. The largest absolute Gasteiger partial charge is 0.493 e. The molecule has 0 aliphatic carbocycles. The molecule has 5 nitrogen and oxygen atoms in total. The van der Waals surface area contributed by atoms with Crippen molar-refractivity contribution in [1.82, 2.24) is 5.32 Å². The summed E-state index contributed by atoms with van der Waals surface area (Å²) in [5.74, 6) is 1.23. The SMILES string of the molecule is COc1ccc(CC(C)NC(=O)[C@@H](C)N)cc1OC.Cl. The molecule has 0 radical (unpaired) electrons. The van der Waals surface area contributed by atoms with Crippen LogP contribution >= 0.6 is 12.4 Å². The maximum absolute atomic E-state index is 11.5. The Morgan fingerprint density at radius 3 is 2.35 bits per heavy atom. The lowest BCUT2D eigenvalue weighted by Gasteiger charge is -2.16. The average molecular weight is 303 g/mol. The maximum Gasteiger partial charge on any atom is 0.236 e. The topological polar surface area (TPSA) is 73.6 Å². The van der Waals surface area contributed by atoms with Gasteiger partial charge in [0.05, 0.1) is 20.3 Å². The van der Waals surface area contributed by atoms with Crippen LogP contribution in [0, 0.1) is 0 Å². The molecular weight excluding hydrogens is 280 g/mol. The van der Waals surface area contributed by atoms with Crippen molar-refractivity contribution in [2.45, 2.75) is 32.4 Å². The molecule has 0 bridgehead atoms. The molecule has 1 aromatic carbocycles. The number of carbonyl (C=O) groups is 1. The van der Waals surface area contributed by atoms with Gasteiger partial charge in [-0.15, -0.1) is 12.4 Å². The molecule has 0 aliphatic rings. The van der Waals surface area contributed by atoms with E-state index in [1.807, 2.05) is 25.1 Å². The Morgan fingerprint density at radius 1 is 1.25 bits per heavy atom. The van der Waals surface area contributed by atoms with Crippen molar-refractivity contribution < 1.29 is 14.3 Å². The number of nitrogens with one attached hydrogen (secondary N) is 1. The van der Waals surface area contributed by atoms with E-state index in [-0.39, 0.29) is 24.4 Å². The first-order valence-electron chi connectivity index (χ1n) is 6.24. The summed E-state index contributed by atoms with van der Waals surface area (Å²) in [5.41, 5.74) is 6.58. The van der Waals surface area contributed by atoms with E-state index in [1.165, 1.54) is 0 Å². The third-order valence-corrected chi connectivity index (χ3v) is 2.79. The summed E-state index contributed by atoms with van der Waals surface area (Å²) in [6, 6.07) is 5.24. The van der Waals surface area contributed by atoms with E-state index < -0.39 is 6.04 Å². The fraction of sp³-hybridized carbons (Fsp3) is 0.500. The van der Waals surface area contributed by atoms with E-state index in [4.69, 9.17) is 15.2 Å². The highest BCUT2D eigenvalue weighted by Crippen LogP contribution is 2.27. The van der Waals surface area contributed by atoms with Crippen LogP contribution in [-0.4, -0.2) is 32.2 Å². The zero-order chi connectivity index (χ0) is 14.4. The maximum atomic E-state index is 11.5. The summed E-state index contributed by atoms with van der Waals surface area (Å²) in [6.07, 6.45) is 0.707. The molecule has 1 rings (SSSR count). The van der Waals surface area contributed by atoms with Gasteiger partial charge in [0.15, 0.2) is 11.5 Å². The molecule has 0 aliphatic heterocycles. The number of hydrogen-bond donors (Lipinski definition) is 2. The number of ether oxygens (including phenoxy) is 2. The number of halogens is 1. The highest BCUT2D eigenvalue weighted by molar-refractivity contribution is 5.85. The first-order chi connectivity index (χ1) is 8.97. The van der Waals surface area contributed by atoms with Crippen molar-refractivity contribution in [3.63, 3.8) is 0 Å². The Balaban J connectivity index is 0.00000361. The molecule has 6 heteroatoms. The van der Waals surface area contributed by atoms with Crippen LogP contribution in [0.15, 0.2) is 18.2 Å². The number of methoxy groups -OCH3 is 2. The highest BCUT2D eigenvalue weighted by Gasteiger charge is 2.12. The fourth-order valence-corrected chi connectivity index (χ4v) is 1.79. The standard InChI is InChI=1S/C14H22N2O3.ClH/c1-9(16-14(17)10(2)15)7-11-5-6-12(18-3)13(8-11)19-4;/h5-6,8-10H,7,15H2,1-4H3,(H,16,17);1H/t9?,10-;/m1./s1. The summed E-state index contributed by atoms with van der Waals surface area (Å²) in [7, 11) is 3.20. The lowest BCUT2D eigenvalue weighted by molar-refractivity contribution is -0.122. The van der Waals surface area contributed by atoms with Crippen molar-refractivity contribution in [2.75, 3.05) is 14.2 Å². The molecule has 0 saturated heterocycles. The van der Waals surface area contributed by atoms with Crippen molar-refractivity contribution >= 4 is 18.3 Å². The summed E-state index contributed by atoms with van der Waals surface area (Å²) < 4.78 is 10.4. The first kappa shape index (κ1) is 18.5. The van der Waals surface area contributed by atoms with Crippen LogP contribution in [0.1, 0.15) is 19.4 Å². The van der Waals surface area contributed by atoms with E-state index >= 15 is 0 Å². The first-order valence-corrected chi connectivity index (χ1v) is 6.24. The average Bonchev–Trinajstić information content (AvgIpc) is 2.38. The van der Waals surface area contributed by atoms with Crippen LogP contribution in [0.5, 0.6) is 11.5 Å². The van der Waals surface area contributed by atoms with E-state index in [0.29, 0.717) is 17.9 Å². The van der Waals surface area contributed by atoms with Crippen LogP contribution in [-0.2, 0) is 11.2 Å². The number of carbonyl (C=O) groups excluding carboxylic acids is 1. The van der Waals surface area contributed by atoms with Gasteiger partial charge in [-0.25, -0.2) is 0 Å². The molecule has 114 valence electrons. The summed E-state index contributed by atoms with van der Waals surface area (Å²) in [5, 5.41) is 2.86. The zero-order valence-corrected chi connectivity index (χ0v) is 13.1. The monoisotopic (exact) mass is 302 g/mol. The van der Waals surface area contributed by atoms with E-state index in [2.05, 4.69) is 5.32 Å². The van der Waals surface area contributed by atoms with Gasteiger partial charge in [-0.3, -0.25) is 4.79 Å². The van der Waals surface area contributed by atoms with Crippen molar-refractivity contribution in [3.8, 4) is 11.5 Å². The van der Waals surface area contributed by atoms with Gasteiger partial charge in [0.2, 0.25) is 5.91 Å². The predicted molar refractivity (Wildman–Crippen MR) is 81.8 cm³/mol. The van der Waals surface area contributed by atoms with Crippen LogP contribution in [0.3, 0.4) is 0 Å². The number of benzene rings is 1. The predicted octanol–water partition coefficient (Wildman–Crippen LogP) is 1.52.